The number of rotatable bonds is 6. The summed E-state index contributed by atoms with van der Waals surface area (Å²) in [7, 11) is -7.05. The van der Waals surface area contributed by atoms with Crippen molar-refractivity contribution in [3.63, 3.8) is 0 Å². The predicted molar refractivity (Wildman–Crippen MR) is 175 cm³/mol. The molecule has 1 N–H and O–H groups in total. The fourth-order valence-electron chi connectivity index (χ4n) is 5.85. The summed E-state index contributed by atoms with van der Waals surface area (Å²) >= 11 is 0. The molecule has 0 aliphatic carbocycles. The summed E-state index contributed by atoms with van der Waals surface area (Å²) in [5, 5.41) is 5.99. The van der Waals surface area contributed by atoms with Crippen molar-refractivity contribution in [1.82, 2.24) is 4.98 Å². The van der Waals surface area contributed by atoms with E-state index in [2.05, 4.69) is 11.1 Å². The fourth-order valence-corrected chi connectivity index (χ4v) is 12.3. The third-order valence-corrected chi connectivity index (χ3v) is 14.2. The van der Waals surface area contributed by atoms with Crippen LogP contribution in [0.15, 0.2) is 158 Å². The van der Waals surface area contributed by atoms with Crippen molar-refractivity contribution in [3.8, 4) is 0 Å². The van der Waals surface area contributed by atoms with E-state index in [0.29, 0.717) is 31.8 Å². The van der Waals surface area contributed by atoms with Crippen molar-refractivity contribution in [2.75, 3.05) is 0 Å². The molecule has 0 saturated carbocycles. The molecule has 6 aromatic carbocycles. The Morgan fingerprint density at radius 1 is 0.390 bits per heavy atom. The third kappa shape index (κ3) is 4.05. The van der Waals surface area contributed by atoms with E-state index in [1.807, 2.05) is 152 Å². The molecule has 1 aromatic heterocycles. The Kier molecular flexibility index (Phi) is 6.36. The number of para-hydroxylation sites is 1. The summed E-state index contributed by atoms with van der Waals surface area (Å²) < 4.78 is 32.0. The van der Waals surface area contributed by atoms with Crippen LogP contribution in [0.5, 0.6) is 0 Å². The van der Waals surface area contributed by atoms with Gasteiger partial charge in [0.1, 0.15) is 0 Å². The maximum absolute atomic E-state index is 16.1. The normalized spacial score (nSPS) is 12.1. The van der Waals surface area contributed by atoms with E-state index in [0.717, 1.165) is 21.8 Å². The molecule has 7 rings (SSSR count). The SMILES string of the molecule is O=P(c1ccccc1)(c1ccccc1)c1ccc2c([nH]c3ccccc32)c1P(=O)(c1ccccc1)c1ccccc1. The van der Waals surface area contributed by atoms with Gasteiger partial charge in [0.05, 0.1) is 10.8 Å². The van der Waals surface area contributed by atoms with Gasteiger partial charge in [-0.15, -0.1) is 0 Å². The first-order valence-electron chi connectivity index (χ1n) is 13.6. The Morgan fingerprint density at radius 2 is 0.805 bits per heavy atom. The van der Waals surface area contributed by atoms with Crippen molar-refractivity contribution in [3.05, 3.63) is 158 Å². The van der Waals surface area contributed by atoms with Crippen molar-refractivity contribution < 1.29 is 9.13 Å². The highest BCUT2D eigenvalue weighted by molar-refractivity contribution is 7.91. The number of aromatic nitrogens is 1. The molecule has 0 spiro atoms. The second kappa shape index (κ2) is 10.2. The van der Waals surface area contributed by atoms with E-state index in [4.69, 9.17) is 0 Å². The first-order valence-corrected chi connectivity index (χ1v) is 17.0. The number of aromatic amines is 1. The Labute approximate surface area is 239 Å². The van der Waals surface area contributed by atoms with Gasteiger partial charge < -0.3 is 14.1 Å². The molecule has 0 saturated heterocycles. The molecule has 5 heteroatoms. The number of benzene rings is 6. The minimum atomic E-state index is -3.56. The molecule has 0 atom stereocenters. The number of hydrogen-bond acceptors (Lipinski definition) is 2. The van der Waals surface area contributed by atoms with Crippen LogP contribution in [-0.2, 0) is 9.13 Å². The first-order chi connectivity index (χ1) is 20.1. The topological polar surface area (TPSA) is 49.9 Å². The number of fused-ring (bicyclic) bond motifs is 3. The third-order valence-electron chi connectivity index (χ3n) is 7.77. The van der Waals surface area contributed by atoms with Gasteiger partial charge in [-0.05, 0) is 12.1 Å². The molecule has 0 bridgehead atoms. The van der Waals surface area contributed by atoms with Crippen LogP contribution in [0.25, 0.3) is 21.8 Å². The van der Waals surface area contributed by atoms with Crippen molar-refractivity contribution in [2.45, 2.75) is 0 Å². The molecule has 0 aliphatic heterocycles. The molecule has 41 heavy (non-hydrogen) atoms. The van der Waals surface area contributed by atoms with Crippen LogP contribution < -0.4 is 31.8 Å². The van der Waals surface area contributed by atoms with Crippen LogP contribution in [0, 0.1) is 0 Å². The van der Waals surface area contributed by atoms with Gasteiger partial charge in [-0.2, -0.15) is 0 Å². The second-order valence-electron chi connectivity index (χ2n) is 10.1. The van der Waals surface area contributed by atoms with E-state index in [-0.39, 0.29) is 0 Å². The fraction of sp³-hybridized carbons (Fsp3) is 0. The molecule has 0 radical (unpaired) electrons. The maximum Gasteiger partial charge on any atom is 0.173 e. The lowest BCUT2D eigenvalue weighted by Crippen LogP contribution is -2.39. The van der Waals surface area contributed by atoms with Crippen molar-refractivity contribution >= 4 is 67.9 Å². The molecule has 0 unspecified atom stereocenters. The van der Waals surface area contributed by atoms with Gasteiger partial charge in [-0.3, -0.25) is 0 Å². The number of H-pyrrole nitrogens is 1. The highest BCUT2D eigenvalue weighted by Crippen LogP contribution is 2.50. The molecule has 0 fully saturated rings. The quantitative estimate of drug-likeness (QED) is 0.230. The summed E-state index contributed by atoms with van der Waals surface area (Å²) in [5.41, 5.74) is 1.70. The molecular formula is C36H27NO2P2. The lowest BCUT2D eigenvalue weighted by molar-refractivity contribution is 0.590. The highest BCUT2D eigenvalue weighted by Gasteiger charge is 2.41. The van der Waals surface area contributed by atoms with E-state index in [1.165, 1.54) is 0 Å². The summed E-state index contributed by atoms with van der Waals surface area (Å²) in [5.74, 6) is 0. The largest absolute Gasteiger partial charge is 0.354 e. The molecule has 7 aromatic rings. The summed E-state index contributed by atoms with van der Waals surface area (Å²) in [6.07, 6.45) is 0. The van der Waals surface area contributed by atoms with Gasteiger partial charge in [-0.1, -0.05) is 146 Å². The van der Waals surface area contributed by atoms with E-state index in [9.17, 15) is 0 Å². The van der Waals surface area contributed by atoms with Crippen LogP contribution in [0.4, 0.5) is 0 Å². The monoisotopic (exact) mass is 567 g/mol. The zero-order valence-corrected chi connectivity index (χ0v) is 24.0. The molecule has 3 nitrogen and oxygen atoms in total. The molecule has 0 aliphatic rings. The Morgan fingerprint density at radius 3 is 1.29 bits per heavy atom. The smallest absolute Gasteiger partial charge is 0.173 e. The molecule has 0 amide bonds. The lowest BCUT2D eigenvalue weighted by atomic mass is 10.1. The average molecular weight is 568 g/mol. The first kappa shape index (κ1) is 25.5. The molecular weight excluding hydrogens is 540 g/mol. The molecule has 198 valence electrons. The maximum atomic E-state index is 16.1. The van der Waals surface area contributed by atoms with Crippen LogP contribution in [0.3, 0.4) is 0 Å². The second-order valence-corrected chi connectivity index (χ2v) is 15.5. The average Bonchev–Trinajstić information content (AvgIpc) is 3.44. The summed E-state index contributed by atoms with van der Waals surface area (Å²) in [6.45, 7) is 0. The van der Waals surface area contributed by atoms with Gasteiger partial charge in [0.25, 0.3) is 0 Å². The van der Waals surface area contributed by atoms with E-state index < -0.39 is 14.3 Å². The Balaban J connectivity index is 1.71. The Bertz CT molecular complexity index is 2000. The van der Waals surface area contributed by atoms with E-state index >= 15 is 9.13 Å². The van der Waals surface area contributed by atoms with Gasteiger partial charge in [0.15, 0.2) is 14.3 Å². The van der Waals surface area contributed by atoms with Crippen molar-refractivity contribution in [1.29, 1.82) is 0 Å². The zero-order valence-electron chi connectivity index (χ0n) is 22.2. The summed E-state index contributed by atoms with van der Waals surface area (Å²) in [6, 6.07) is 50.5. The van der Waals surface area contributed by atoms with Crippen LogP contribution >= 0.6 is 14.3 Å². The van der Waals surface area contributed by atoms with Gasteiger partial charge in [0, 0.05) is 42.8 Å². The lowest BCUT2D eigenvalue weighted by Gasteiger charge is -2.28. The van der Waals surface area contributed by atoms with Crippen LogP contribution in [0.2, 0.25) is 0 Å². The van der Waals surface area contributed by atoms with Crippen LogP contribution in [0.1, 0.15) is 0 Å². The highest BCUT2D eigenvalue weighted by atomic mass is 31.2. The van der Waals surface area contributed by atoms with Crippen LogP contribution in [-0.4, -0.2) is 4.98 Å². The van der Waals surface area contributed by atoms with Gasteiger partial charge in [0.2, 0.25) is 0 Å². The van der Waals surface area contributed by atoms with Crippen molar-refractivity contribution in [2.24, 2.45) is 0 Å². The number of nitrogens with one attached hydrogen (secondary N) is 1. The van der Waals surface area contributed by atoms with Gasteiger partial charge in [-0.25, -0.2) is 0 Å². The number of hydrogen-bond donors (Lipinski definition) is 1. The minimum Gasteiger partial charge on any atom is -0.354 e. The predicted octanol–water partition coefficient (Wildman–Crippen LogP) is 6.60. The summed E-state index contributed by atoms with van der Waals surface area (Å²) in [4.78, 5) is 3.61. The molecule has 1 heterocycles. The minimum absolute atomic E-state index is 0.588. The van der Waals surface area contributed by atoms with E-state index in [1.54, 1.807) is 0 Å². The van der Waals surface area contributed by atoms with Gasteiger partial charge >= 0.3 is 0 Å². The zero-order chi connectivity index (χ0) is 27.9. The Hall–Kier alpha value is -4.42. The standard InChI is InChI=1S/C36H27NO2P2/c38-40(27-15-5-1-6-16-27,28-17-7-2-8-18-28)34-26-25-32-31-23-13-14-24-33(31)37-35(32)36(34)41(39,29-19-9-3-10-20-29)30-21-11-4-12-22-30/h1-26,37H.